The Bertz CT molecular complexity index is 1000. The summed E-state index contributed by atoms with van der Waals surface area (Å²) in [7, 11) is 0. The van der Waals surface area contributed by atoms with Crippen LogP contribution in [0.3, 0.4) is 0 Å². The van der Waals surface area contributed by atoms with Gasteiger partial charge in [0.15, 0.2) is 0 Å². The molecule has 0 fully saturated rings. The van der Waals surface area contributed by atoms with Crippen LogP contribution in [0.5, 0.6) is 0 Å². The fraction of sp³-hybridized carbons (Fsp3) is 0.0400. The molecule has 0 spiro atoms. The van der Waals surface area contributed by atoms with E-state index in [1.165, 1.54) is 0 Å². The average Bonchev–Trinajstić information content (AvgIpc) is 2.81. The van der Waals surface area contributed by atoms with Gasteiger partial charge in [-0.15, -0.1) is 0 Å². The zero-order chi connectivity index (χ0) is 20.2. The molecule has 0 aliphatic rings. The Labute approximate surface area is 179 Å². The summed E-state index contributed by atoms with van der Waals surface area (Å²) in [6.45, 7) is 0. The molecule has 0 atom stereocenters. The molecule has 144 valence electrons. The number of nitrogens with zero attached hydrogens (tertiary/aromatic N) is 1. The average molecular weight is 462 g/mol. The van der Waals surface area contributed by atoms with E-state index in [0.717, 1.165) is 15.9 Å². The topological polar surface area (TPSA) is 30.0 Å². The second-order valence-corrected chi connectivity index (χ2v) is 15.9. The number of aromatic nitrogens is 1. The molecule has 0 bridgehead atoms. The zero-order valence-corrected chi connectivity index (χ0v) is 18.3. The number of benzene rings is 3. The summed E-state index contributed by atoms with van der Waals surface area (Å²) in [5.41, 5.74) is 0.677. The summed E-state index contributed by atoms with van der Waals surface area (Å²) < 4.78 is 0. The second-order valence-electron chi connectivity index (χ2n) is 7.01. The molecule has 29 heavy (non-hydrogen) atoms. The fourth-order valence-electron chi connectivity index (χ4n) is 3.84. The number of pyridine rings is 1. The van der Waals surface area contributed by atoms with E-state index in [9.17, 15) is 4.79 Å². The van der Waals surface area contributed by atoms with Crippen LogP contribution in [0, 0.1) is 0 Å². The van der Waals surface area contributed by atoms with Gasteiger partial charge < -0.3 is 0 Å². The first-order valence-electron chi connectivity index (χ1n) is 9.46. The SMILES string of the molecule is O=C(CP(Br)(c1ccccc1)(c1ccccc1)c1ccccc1)c1ccncc1. The normalized spacial score (nSPS) is 12.7. The molecule has 4 rings (SSSR count). The molecule has 0 unspecified atom stereocenters. The van der Waals surface area contributed by atoms with Crippen LogP contribution in [0.25, 0.3) is 0 Å². The third kappa shape index (κ3) is 3.46. The molecule has 2 nitrogen and oxygen atoms in total. The van der Waals surface area contributed by atoms with Crippen molar-refractivity contribution in [3.63, 3.8) is 0 Å². The first-order valence-corrected chi connectivity index (χ1v) is 13.9. The Morgan fingerprint density at radius 2 is 1.03 bits per heavy atom. The Balaban J connectivity index is 2.03. The Morgan fingerprint density at radius 3 is 1.41 bits per heavy atom. The van der Waals surface area contributed by atoms with E-state index in [-0.39, 0.29) is 5.78 Å². The van der Waals surface area contributed by atoms with Crippen molar-refractivity contribution in [1.29, 1.82) is 0 Å². The minimum atomic E-state index is -3.24. The van der Waals surface area contributed by atoms with Gasteiger partial charge in [0.2, 0.25) is 0 Å². The summed E-state index contributed by atoms with van der Waals surface area (Å²) >= 11 is 4.31. The standard InChI is InChI=1S/C25H21BrNOP/c26-29(22-10-4-1-5-11-22,23-12-6-2-7-13-23,24-14-8-3-9-15-24)20-25(28)21-16-18-27-19-17-21/h1-19H,20H2. The molecule has 0 aliphatic heterocycles. The number of ketones is 1. The van der Waals surface area contributed by atoms with Gasteiger partial charge >= 0.3 is 180 Å². The molecule has 1 heterocycles. The van der Waals surface area contributed by atoms with Crippen molar-refractivity contribution in [1.82, 2.24) is 4.98 Å². The first-order chi connectivity index (χ1) is 14.1. The van der Waals surface area contributed by atoms with Crippen LogP contribution in [0.1, 0.15) is 10.4 Å². The van der Waals surface area contributed by atoms with Crippen molar-refractivity contribution in [2.24, 2.45) is 0 Å². The van der Waals surface area contributed by atoms with Gasteiger partial charge in [0, 0.05) is 0 Å². The van der Waals surface area contributed by atoms with E-state index in [1.54, 1.807) is 24.5 Å². The number of rotatable bonds is 6. The van der Waals surface area contributed by atoms with Crippen molar-refractivity contribution in [2.45, 2.75) is 0 Å². The first kappa shape index (κ1) is 19.7. The maximum atomic E-state index is 13.6. The van der Waals surface area contributed by atoms with E-state index >= 15 is 0 Å². The third-order valence-electron chi connectivity index (χ3n) is 5.33. The van der Waals surface area contributed by atoms with Gasteiger partial charge in [-0.25, -0.2) is 0 Å². The summed E-state index contributed by atoms with van der Waals surface area (Å²) in [5.74, 6) is 0.0958. The van der Waals surface area contributed by atoms with Crippen molar-refractivity contribution in [3.05, 3.63) is 121 Å². The summed E-state index contributed by atoms with van der Waals surface area (Å²) in [6, 6.07) is 34.7. The predicted molar refractivity (Wildman–Crippen MR) is 128 cm³/mol. The molecule has 0 aliphatic carbocycles. The van der Waals surface area contributed by atoms with Crippen molar-refractivity contribution >= 4 is 42.5 Å². The predicted octanol–water partition coefficient (Wildman–Crippen LogP) is 5.10. The maximum absolute atomic E-state index is 13.6. The summed E-state index contributed by atoms with van der Waals surface area (Å²) in [5, 5.41) is 0.168. The number of carbonyl (C=O) groups is 1. The van der Waals surface area contributed by atoms with Gasteiger partial charge in [-0.2, -0.15) is 0 Å². The number of hydrogen-bond donors (Lipinski definition) is 0. The van der Waals surface area contributed by atoms with Crippen molar-refractivity contribution < 1.29 is 4.79 Å². The second kappa shape index (κ2) is 8.02. The van der Waals surface area contributed by atoms with Crippen molar-refractivity contribution in [2.75, 3.05) is 6.16 Å². The van der Waals surface area contributed by atoms with Crippen LogP contribution in [-0.4, -0.2) is 16.9 Å². The minimum absolute atomic E-state index is 0.0958. The van der Waals surface area contributed by atoms with E-state index in [4.69, 9.17) is 0 Å². The Morgan fingerprint density at radius 1 is 0.655 bits per heavy atom. The van der Waals surface area contributed by atoms with E-state index in [2.05, 4.69) is 56.9 Å². The van der Waals surface area contributed by atoms with Gasteiger partial charge in [-0.05, 0) is 0 Å². The molecule has 0 saturated heterocycles. The zero-order valence-electron chi connectivity index (χ0n) is 15.9. The van der Waals surface area contributed by atoms with Gasteiger partial charge in [0.25, 0.3) is 0 Å². The van der Waals surface area contributed by atoms with Gasteiger partial charge in [0.1, 0.15) is 0 Å². The number of carbonyl (C=O) groups excluding carboxylic acids is 1. The number of halogens is 1. The molecular weight excluding hydrogens is 441 g/mol. The number of hydrogen-bond acceptors (Lipinski definition) is 2. The van der Waals surface area contributed by atoms with E-state index in [1.807, 2.05) is 54.6 Å². The molecule has 0 saturated carbocycles. The summed E-state index contributed by atoms with van der Waals surface area (Å²) in [6.07, 6.45) is 3.70. The quantitative estimate of drug-likeness (QED) is 0.295. The molecular formula is C25H21BrNOP. The monoisotopic (exact) mass is 461 g/mol. The van der Waals surface area contributed by atoms with Crippen LogP contribution in [0.4, 0.5) is 0 Å². The van der Waals surface area contributed by atoms with E-state index in [0.29, 0.717) is 11.7 Å². The molecule has 0 amide bonds. The van der Waals surface area contributed by atoms with Crippen LogP contribution in [0.15, 0.2) is 116 Å². The van der Waals surface area contributed by atoms with Gasteiger partial charge in [0.05, 0.1) is 0 Å². The van der Waals surface area contributed by atoms with E-state index < -0.39 is 5.31 Å². The molecule has 4 heteroatoms. The number of Topliss-reactive ketones (excluding diaryl/α,β-unsaturated/α-hetero) is 1. The molecule has 1 aromatic heterocycles. The summed E-state index contributed by atoms with van der Waals surface area (Å²) in [4.78, 5) is 17.6. The fourth-order valence-corrected chi connectivity index (χ4v) is 11.2. The molecule has 3 aromatic carbocycles. The van der Waals surface area contributed by atoms with Gasteiger partial charge in [-0.3, -0.25) is 0 Å². The van der Waals surface area contributed by atoms with Crippen LogP contribution >= 0.6 is 20.8 Å². The Kier molecular flexibility index (Phi) is 5.45. The molecule has 4 aromatic rings. The molecule has 0 radical (unpaired) electrons. The van der Waals surface area contributed by atoms with Crippen LogP contribution in [0.2, 0.25) is 0 Å². The van der Waals surface area contributed by atoms with Crippen molar-refractivity contribution in [3.8, 4) is 0 Å². The third-order valence-corrected chi connectivity index (χ3v) is 14.8. The Hall–Kier alpha value is -2.61. The van der Waals surface area contributed by atoms with Crippen LogP contribution in [-0.2, 0) is 0 Å². The van der Waals surface area contributed by atoms with Gasteiger partial charge in [-0.1, -0.05) is 0 Å². The van der Waals surface area contributed by atoms with Crippen LogP contribution < -0.4 is 15.9 Å². The molecule has 0 N–H and O–H groups in total.